The van der Waals surface area contributed by atoms with Crippen LogP contribution in [-0.4, -0.2) is 58.9 Å². The van der Waals surface area contributed by atoms with E-state index in [4.69, 9.17) is 9.26 Å². The summed E-state index contributed by atoms with van der Waals surface area (Å²) in [6.07, 6.45) is 0. The molecule has 0 fully saturated rings. The molecule has 3 N–H and O–H groups in total. The summed E-state index contributed by atoms with van der Waals surface area (Å²) in [6.45, 7) is 6.73. The van der Waals surface area contributed by atoms with Crippen LogP contribution in [0.2, 0.25) is 0 Å². The van der Waals surface area contributed by atoms with E-state index in [1.807, 2.05) is 0 Å². The van der Waals surface area contributed by atoms with E-state index >= 15 is 0 Å². The number of carbonyl (C=O) groups is 1. The molecule has 1 rings (SSSR count). The zero-order valence-corrected chi connectivity index (χ0v) is 14.6. The molecule has 0 aromatic carbocycles. The van der Waals surface area contributed by atoms with Crippen LogP contribution in [0.1, 0.15) is 18.4 Å². The largest absolute Gasteiger partial charge is 0.383 e. The first kappa shape index (κ1) is 19.6. The van der Waals surface area contributed by atoms with E-state index in [2.05, 4.69) is 20.5 Å². The number of ether oxygens (including phenoxy) is 1. The second-order valence-electron chi connectivity index (χ2n) is 5.03. The van der Waals surface area contributed by atoms with Crippen molar-refractivity contribution >= 4 is 15.9 Å². The molecular formula is C13H24N4O5S. The minimum absolute atomic E-state index is 0.0293. The Balaban J connectivity index is 2.48. The molecule has 10 heteroatoms. The highest BCUT2D eigenvalue weighted by Crippen LogP contribution is 2.18. The molecule has 0 radical (unpaired) electrons. The monoisotopic (exact) mass is 348 g/mol. The number of aromatic nitrogens is 1. The molecule has 0 aliphatic rings. The van der Waals surface area contributed by atoms with E-state index in [1.165, 1.54) is 20.8 Å². The van der Waals surface area contributed by atoms with Gasteiger partial charge in [-0.3, -0.25) is 4.79 Å². The molecule has 1 atom stereocenters. The Labute approximate surface area is 136 Å². The van der Waals surface area contributed by atoms with Crippen LogP contribution in [0.15, 0.2) is 9.42 Å². The van der Waals surface area contributed by atoms with Crippen molar-refractivity contribution in [3.63, 3.8) is 0 Å². The molecule has 9 nitrogen and oxygen atoms in total. The number of rotatable bonds is 10. The van der Waals surface area contributed by atoms with Crippen LogP contribution in [0.25, 0.3) is 0 Å². The first-order chi connectivity index (χ1) is 10.8. The minimum atomic E-state index is -3.86. The van der Waals surface area contributed by atoms with Gasteiger partial charge in [-0.1, -0.05) is 5.16 Å². The van der Waals surface area contributed by atoms with Gasteiger partial charge in [-0.05, 0) is 20.8 Å². The van der Waals surface area contributed by atoms with Gasteiger partial charge in [0.15, 0.2) is 5.76 Å². The van der Waals surface area contributed by atoms with Crippen LogP contribution in [0.3, 0.4) is 0 Å². The lowest BCUT2D eigenvalue weighted by Crippen LogP contribution is -2.46. The van der Waals surface area contributed by atoms with E-state index in [0.29, 0.717) is 26.2 Å². The fourth-order valence-electron chi connectivity index (χ4n) is 1.93. The SMILES string of the molecule is COCCNCCNC(=O)C(C)NS(=O)(=O)c1c(C)noc1C. The van der Waals surface area contributed by atoms with Crippen LogP contribution in [0, 0.1) is 13.8 Å². The van der Waals surface area contributed by atoms with Gasteiger partial charge < -0.3 is 19.9 Å². The van der Waals surface area contributed by atoms with Crippen molar-refractivity contribution in [1.29, 1.82) is 0 Å². The Bertz CT molecular complexity index is 594. The second-order valence-corrected chi connectivity index (χ2v) is 6.68. The predicted molar refractivity (Wildman–Crippen MR) is 83.5 cm³/mol. The van der Waals surface area contributed by atoms with E-state index in [0.717, 1.165) is 0 Å². The fourth-order valence-corrected chi connectivity index (χ4v) is 3.46. The molecule has 0 bridgehead atoms. The maximum Gasteiger partial charge on any atom is 0.246 e. The maximum atomic E-state index is 12.3. The average molecular weight is 348 g/mol. The molecule has 0 aliphatic carbocycles. The highest BCUT2D eigenvalue weighted by atomic mass is 32.2. The number of nitrogens with zero attached hydrogens (tertiary/aromatic N) is 1. The third kappa shape index (κ3) is 5.90. The Morgan fingerprint density at radius 1 is 1.30 bits per heavy atom. The normalized spacial score (nSPS) is 13.0. The van der Waals surface area contributed by atoms with Gasteiger partial charge in [-0.15, -0.1) is 0 Å². The summed E-state index contributed by atoms with van der Waals surface area (Å²) in [6, 6.07) is -0.910. The zero-order valence-electron chi connectivity index (χ0n) is 13.8. The number of carbonyl (C=O) groups excluding carboxylic acids is 1. The summed E-state index contributed by atoms with van der Waals surface area (Å²) in [7, 11) is -2.26. The van der Waals surface area contributed by atoms with Crippen LogP contribution in [-0.2, 0) is 19.6 Å². The Morgan fingerprint density at radius 3 is 2.57 bits per heavy atom. The molecule has 0 saturated carbocycles. The van der Waals surface area contributed by atoms with E-state index in [-0.39, 0.29) is 16.3 Å². The van der Waals surface area contributed by atoms with Gasteiger partial charge in [0.25, 0.3) is 0 Å². The van der Waals surface area contributed by atoms with Crippen LogP contribution < -0.4 is 15.4 Å². The van der Waals surface area contributed by atoms with Crippen molar-refractivity contribution in [3.05, 3.63) is 11.5 Å². The van der Waals surface area contributed by atoms with Gasteiger partial charge >= 0.3 is 0 Å². The lowest BCUT2D eigenvalue weighted by atomic mass is 10.3. The summed E-state index contributed by atoms with van der Waals surface area (Å²) in [5.41, 5.74) is 0.255. The van der Waals surface area contributed by atoms with Crippen molar-refractivity contribution in [2.24, 2.45) is 0 Å². The van der Waals surface area contributed by atoms with Gasteiger partial charge in [0.05, 0.1) is 12.6 Å². The average Bonchev–Trinajstić information content (AvgIpc) is 2.81. The molecule has 23 heavy (non-hydrogen) atoms. The van der Waals surface area contributed by atoms with Crippen molar-refractivity contribution in [2.45, 2.75) is 31.7 Å². The van der Waals surface area contributed by atoms with E-state index in [1.54, 1.807) is 7.11 Å². The molecule has 0 saturated heterocycles. The molecule has 1 heterocycles. The van der Waals surface area contributed by atoms with Crippen molar-refractivity contribution in [1.82, 2.24) is 20.5 Å². The van der Waals surface area contributed by atoms with E-state index < -0.39 is 22.0 Å². The van der Waals surface area contributed by atoms with Crippen molar-refractivity contribution in [3.8, 4) is 0 Å². The number of amides is 1. The summed E-state index contributed by atoms with van der Waals surface area (Å²) in [5.74, 6) is -0.223. The standard InChI is InChI=1S/C13H24N4O5S/c1-9-12(11(3)22-16-9)23(19,20)17-10(2)13(18)15-6-5-14-7-8-21-4/h10,14,17H,5-8H2,1-4H3,(H,15,18). The third-order valence-corrected chi connectivity index (χ3v) is 4.83. The summed E-state index contributed by atoms with van der Waals surface area (Å²) in [5, 5.41) is 9.32. The Kier molecular flexibility index (Phi) is 7.62. The van der Waals surface area contributed by atoms with Crippen LogP contribution in [0.4, 0.5) is 0 Å². The molecule has 1 unspecified atom stereocenters. The number of nitrogens with one attached hydrogen (secondary N) is 3. The highest BCUT2D eigenvalue weighted by molar-refractivity contribution is 7.89. The van der Waals surface area contributed by atoms with Gasteiger partial charge in [-0.25, -0.2) is 8.42 Å². The maximum absolute atomic E-state index is 12.3. The van der Waals surface area contributed by atoms with Gasteiger partial charge in [-0.2, -0.15) is 4.72 Å². The molecular weight excluding hydrogens is 324 g/mol. The summed E-state index contributed by atoms with van der Waals surface area (Å²) in [4.78, 5) is 11.9. The third-order valence-electron chi connectivity index (χ3n) is 3.05. The lowest BCUT2D eigenvalue weighted by Gasteiger charge is -2.14. The van der Waals surface area contributed by atoms with Crippen LogP contribution in [0.5, 0.6) is 0 Å². The smallest absolute Gasteiger partial charge is 0.246 e. The molecule has 132 valence electrons. The van der Waals surface area contributed by atoms with Gasteiger partial charge in [0.2, 0.25) is 15.9 Å². The highest BCUT2D eigenvalue weighted by Gasteiger charge is 2.27. The fraction of sp³-hybridized carbons (Fsp3) is 0.692. The summed E-state index contributed by atoms with van der Waals surface area (Å²) < 4.78 is 36.6. The number of aryl methyl sites for hydroxylation is 2. The van der Waals surface area contributed by atoms with Gasteiger partial charge in [0, 0.05) is 26.7 Å². The topological polar surface area (TPSA) is 123 Å². The first-order valence-corrected chi connectivity index (χ1v) is 8.70. The molecule has 1 aromatic rings. The molecule has 1 aromatic heterocycles. The molecule has 0 spiro atoms. The Hall–Kier alpha value is -1.49. The number of hydrogen-bond acceptors (Lipinski definition) is 7. The Morgan fingerprint density at radius 2 is 2.00 bits per heavy atom. The van der Waals surface area contributed by atoms with Crippen molar-refractivity contribution in [2.75, 3.05) is 33.4 Å². The quantitative estimate of drug-likeness (QED) is 0.478. The van der Waals surface area contributed by atoms with Crippen LogP contribution >= 0.6 is 0 Å². The second kappa shape index (κ2) is 8.96. The summed E-state index contributed by atoms with van der Waals surface area (Å²) >= 11 is 0. The predicted octanol–water partition coefficient (Wildman–Crippen LogP) is -0.690. The van der Waals surface area contributed by atoms with E-state index in [9.17, 15) is 13.2 Å². The minimum Gasteiger partial charge on any atom is -0.383 e. The van der Waals surface area contributed by atoms with Crippen molar-refractivity contribution < 1.29 is 22.5 Å². The molecule has 1 amide bonds. The number of sulfonamides is 1. The lowest BCUT2D eigenvalue weighted by molar-refractivity contribution is -0.122. The number of hydrogen-bond donors (Lipinski definition) is 3. The van der Waals surface area contributed by atoms with Gasteiger partial charge in [0.1, 0.15) is 10.6 Å². The number of methoxy groups -OCH3 is 1. The first-order valence-electron chi connectivity index (χ1n) is 7.22. The zero-order chi connectivity index (χ0) is 17.5. The molecule has 0 aliphatic heterocycles.